The van der Waals surface area contributed by atoms with Gasteiger partial charge in [-0.25, -0.2) is 0 Å². The van der Waals surface area contributed by atoms with Crippen molar-refractivity contribution in [2.24, 2.45) is 0 Å². The molecule has 0 bridgehead atoms. The van der Waals surface area contributed by atoms with Gasteiger partial charge < -0.3 is 3.07 Å². The van der Waals surface area contributed by atoms with E-state index < -0.39 is 3.25 Å². The van der Waals surface area contributed by atoms with E-state index in [0.29, 0.717) is 6.47 Å². The minimum atomic E-state index is -1.61. The van der Waals surface area contributed by atoms with Crippen molar-refractivity contribution in [3.8, 4) is 0 Å². The van der Waals surface area contributed by atoms with Crippen LogP contribution in [-0.4, -0.2) is 9.72 Å². The van der Waals surface area contributed by atoms with Crippen molar-refractivity contribution in [1.29, 1.82) is 0 Å². The van der Waals surface area contributed by atoms with E-state index in [1.54, 1.807) is 0 Å². The maximum atomic E-state index is 8.94. The van der Waals surface area contributed by atoms with E-state index in [1.807, 2.05) is 0 Å². The summed E-state index contributed by atoms with van der Waals surface area (Å²) in [6.45, 7) is 0.362. The molecule has 0 aliphatic heterocycles. The second-order valence-corrected chi connectivity index (χ2v) is 4.55. The summed E-state index contributed by atoms with van der Waals surface area (Å²) < 4.78 is 2.22. The second-order valence-electron chi connectivity index (χ2n) is 0.614. The zero-order chi connectivity index (χ0) is 7.91. The number of rotatable bonds is 1. The Kier molecular flexibility index (Phi) is 10.8. The quantitative estimate of drug-likeness (QED) is 0.421. The maximum absolute atomic E-state index is 8.94. The third-order valence-corrected chi connectivity index (χ3v) is 0.244. The summed E-state index contributed by atoms with van der Waals surface area (Å²) >= 11 is 20.8. The predicted octanol–water partition coefficient (Wildman–Crippen LogP) is 3.06. The van der Waals surface area contributed by atoms with Crippen molar-refractivity contribution in [1.82, 2.24) is 0 Å². The molecule has 0 radical (unpaired) electrons. The molecule has 56 valence electrons. The molecule has 0 spiro atoms. The fourth-order valence-electron chi connectivity index (χ4n) is 0. The van der Waals surface area contributed by atoms with Gasteiger partial charge in [-0.05, 0) is 0 Å². The molecule has 0 N–H and O–H groups in total. The molecule has 0 amide bonds. The first-order valence-electron chi connectivity index (χ1n) is 1.38. The van der Waals surface area contributed by atoms with Gasteiger partial charge in [0.25, 0.3) is 3.25 Å². The first-order valence-corrected chi connectivity index (χ1v) is 3.77. The van der Waals surface area contributed by atoms with Gasteiger partial charge in [0.05, 0.1) is 0 Å². The maximum Gasteiger partial charge on any atom is 0.302 e. The predicted molar refractivity (Wildman–Crippen MR) is 47.3 cm³/mol. The SMILES string of the molecule is ClC(Cl)(Cl)Cl.O=COI. The Bertz CT molecular complexity index is 65.5. The Balaban J connectivity index is 0. The highest BCUT2D eigenvalue weighted by Crippen LogP contribution is 2.29. The Morgan fingerprint density at radius 3 is 1.44 bits per heavy atom. The minimum absolute atomic E-state index is 0.362. The molecule has 0 rings (SSSR count). The van der Waals surface area contributed by atoms with Gasteiger partial charge in [0.2, 0.25) is 0 Å². The van der Waals surface area contributed by atoms with Gasteiger partial charge in [-0.15, -0.1) is 0 Å². The van der Waals surface area contributed by atoms with Crippen LogP contribution in [0.1, 0.15) is 0 Å². The summed E-state index contributed by atoms with van der Waals surface area (Å²) in [6, 6.07) is 0. The molecule has 7 heteroatoms. The molecule has 0 aromatic carbocycles. The smallest absolute Gasteiger partial charge is 0.302 e. The normalized spacial score (nSPS) is 9.00. The first-order chi connectivity index (χ1) is 3.91. The third-order valence-electron chi connectivity index (χ3n) is 0.0364. The van der Waals surface area contributed by atoms with E-state index in [1.165, 1.54) is 23.0 Å². The van der Waals surface area contributed by atoms with Crippen molar-refractivity contribution in [3.05, 3.63) is 0 Å². The van der Waals surface area contributed by atoms with Crippen LogP contribution in [0.25, 0.3) is 0 Å². The summed E-state index contributed by atoms with van der Waals surface area (Å²) in [7, 11) is 0. The zero-order valence-electron chi connectivity index (χ0n) is 3.78. The molecule has 0 aliphatic rings. The van der Waals surface area contributed by atoms with E-state index in [0.717, 1.165) is 0 Å². The van der Waals surface area contributed by atoms with Crippen molar-refractivity contribution >= 4 is 75.9 Å². The lowest BCUT2D eigenvalue weighted by Crippen LogP contribution is -1.81. The van der Waals surface area contributed by atoms with Gasteiger partial charge in [0, 0.05) is 0 Å². The molecule has 0 unspecified atom stereocenters. The van der Waals surface area contributed by atoms with Gasteiger partial charge in [0.1, 0.15) is 0 Å². The average molecular weight is 326 g/mol. The Hall–Kier alpha value is 1.36. The molecule has 0 saturated heterocycles. The third kappa shape index (κ3) is 91.0. The lowest BCUT2D eigenvalue weighted by atomic mass is 11.7. The van der Waals surface area contributed by atoms with Crippen LogP contribution < -0.4 is 0 Å². The molecule has 0 aromatic heterocycles. The second kappa shape index (κ2) is 7.47. The number of halogens is 5. The van der Waals surface area contributed by atoms with Crippen molar-refractivity contribution in [2.75, 3.05) is 0 Å². The lowest BCUT2D eigenvalue weighted by Gasteiger charge is -1.91. The fraction of sp³-hybridized carbons (Fsp3) is 0.500. The summed E-state index contributed by atoms with van der Waals surface area (Å²) in [5, 5.41) is 0. The monoisotopic (exact) mass is 324 g/mol. The van der Waals surface area contributed by atoms with Crippen molar-refractivity contribution in [2.45, 2.75) is 3.25 Å². The molecule has 0 fully saturated rings. The average Bonchev–Trinajstić information content (AvgIpc) is 1.61. The Labute approximate surface area is 86.4 Å². The van der Waals surface area contributed by atoms with Crippen molar-refractivity contribution in [3.63, 3.8) is 0 Å². The Morgan fingerprint density at radius 2 is 1.44 bits per heavy atom. The van der Waals surface area contributed by atoms with E-state index in [2.05, 4.69) is 3.07 Å². The van der Waals surface area contributed by atoms with E-state index >= 15 is 0 Å². The first kappa shape index (κ1) is 13.0. The number of carbonyl (C=O) groups is 1. The Morgan fingerprint density at radius 1 is 1.33 bits per heavy atom. The van der Waals surface area contributed by atoms with Crippen LogP contribution in [0.5, 0.6) is 0 Å². The molecule has 0 saturated carbocycles. The molecular weight excluding hydrogens is 325 g/mol. The van der Waals surface area contributed by atoms with Crippen LogP contribution in [0.3, 0.4) is 0 Å². The molecule has 0 heterocycles. The molecule has 9 heavy (non-hydrogen) atoms. The van der Waals surface area contributed by atoms with Crippen LogP contribution in [0.15, 0.2) is 0 Å². The number of carbonyl (C=O) groups excluding carboxylic acids is 1. The highest BCUT2D eigenvalue weighted by molar-refractivity contribution is 14.1. The van der Waals surface area contributed by atoms with Crippen LogP contribution >= 0.6 is 69.4 Å². The van der Waals surface area contributed by atoms with Crippen LogP contribution in [-0.2, 0) is 7.86 Å². The van der Waals surface area contributed by atoms with Gasteiger partial charge >= 0.3 is 6.47 Å². The molecule has 0 aliphatic carbocycles. The zero-order valence-corrected chi connectivity index (χ0v) is 8.96. The van der Waals surface area contributed by atoms with E-state index in [-0.39, 0.29) is 0 Å². The summed E-state index contributed by atoms with van der Waals surface area (Å²) in [5.74, 6) is 0. The van der Waals surface area contributed by atoms with Gasteiger partial charge in [-0.2, -0.15) is 0 Å². The van der Waals surface area contributed by atoms with E-state index in [4.69, 9.17) is 51.2 Å². The largest absolute Gasteiger partial charge is 0.397 e. The van der Waals surface area contributed by atoms with Crippen molar-refractivity contribution < 1.29 is 7.86 Å². The van der Waals surface area contributed by atoms with Gasteiger partial charge in [0.15, 0.2) is 23.0 Å². The topological polar surface area (TPSA) is 26.3 Å². The number of hydrogen-bond acceptors (Lipinski definition) is 2. The standard InChI is InChI=1S/CCl4.CHIO2/c2-1(3,4)5;2-4-1-3/h;1H. The lowest BCUT2D eigenvalue weighted by molar-refractivity contribution is -0.118. The van der Waals surface area contributed by atoms with Gasteiger partial charge in [-0.1, -0.05) is 46.4 Å². The van der Waals surface area contributed by atoms with Gasteiger partial charge in [-0.3, -0.25) is 4.79 Å². The minimum Gasteiger partial charge on any atom is -0.397 e. The molecule has 0 aromatic rings. The van der Waals surface area contributed by atoms with Crippen LogP contribution in [0, 0.1) is 0 Å². The molecule has 2 nitrogen and oxygen atoms in total. The summed E-state index contributed by atoms with van der Waals surface area (Å²) in [5.41, 5.74) is 0. The summed E-state index contributed by atoms with van der Waals surface area (Å²) in [6.07, 6.45) is 0. The van der Waals surface area contributed by atoms with E-state index in [9.17, 15) is 0 Å². The van der Waals surface area contributed by atoms with Crippen LogP contribution in [0.2, 0.25) is 0 Å². The fourth-order valence-corrected chi connectivity index (χ4v) is 0. The highest BCUT2D eigenvalue weighted by Gasteiger charge is 2.11. The number of alkyl halides is 4. The van der Waals surface area contributed by atoms with Crippen LogP contribution in [0.4, 0.5) is 0 Å². The highest BCUT2D eigenvalue weighted by atomic mass is 127. The summed E-state index contributed by atoms with van der Waals surface area (Å²) in [4.78, 5) is 8.94. The molecular formula is C2HCl4IO2. The molecule has 0 atom stereocenters. The number of hydrogen-bond donors (Lipinski definition) is 0.